The van der Waals surface area contributed by atoms with Crippen molar-refractivity contribution >= 4 is 0 Å². The predicted molar refractivity (Wildman–Crippen MR) is 116 cm³/mol. The summed E-state index contributed by atoms with van der Waals surface area (Å²) < 4.78 is 0. The van der Waals surface area contributed by atoms with E-state index in [0.717, 1.165) is 42.2 Å². The molecular formula is C25H24N4. The number of nitrogens with zero attached hydrogens (tertiary/aromatic N) is 2. The number of H-pyrrole nitrogens is 1. The monoisotopic (exact) mass is 380 g/mol. The first kappa shape index (κ1) is 17.8. The van der Waals surface area contributed by atoms with Gasteiger partial charge in [0, 0.05) is 36.0 Å². The van der Waals surface area contributed by atoms with Gasteiger partial charge in [0.2, 0.25) is 0 Å². The number of piperidine rings is 1. The van der Waals surface area contributed by atoms with Gasteiger partial charge in [-0.1, -0.05) is 66.7 Å². The molecule has 1 aliphatic rings. The number of pyridine rings is 1. The second-order valence-electron chi connectivity index (χ2n) is 7.57. The zero-order valence-electron chi connectivity index (χ0n) is 16.3. The van der Waals surface area contributed by atoms with Gasteiger partial charge in [-0.05, 0) is 30.5 Å². The van der Waals surface area contributed by atoms with Crippen LogP contribution < -0.4 is 5.32 Å². The van der Waals surface area contributed by atoms with Crippen LogP contribution in [0.4, 0.5) is 0 Å². The van der Waals surface area contributed by atoms with Crippen LogP contribution in [0.5, 0.6) is 0 Å². The standard InChI is InChI=1S/C25H24N4/c1-3-9-18(10-4-1)21-15-14-20(17-27-21)23-24(22-13-7-8-16-26-22)29-25(28-23)19-11-5-2-6-12-19/h1-13,16,20-21,27H,14-15,17H2,(H,28,29)/t20-,21-/m1/s1. The molecule has 0 unspecified atom stereocenters. The fourth-order valence-electron chi connectivity index (χ4n) is 4.19. The molecule has 2 aromatic heterocycles. The van der Waals surface area contributed by atoms with Crippen LogP contribution >= 0.6 is 0 Å². The normalized spacial score (nSPS) is 19.2. The molecule has 4 aromatic rings. The molecule has 0 aliphatic carbocycles. The molecule has 144 valence electrons. The fourth-order valence-corrected chi connectivity index (χ4v) is 4.19. The lowest BCUT2D eigenvalue weighted by Crippen LogP contribution is -2.32. The van der Waals surface area contributed by atoms with Gasteiger partial charge in [-0.2, -0.15) is 0 Å². The summed E-state index contributed by atoms with van der Waals surface area (Å²) in [5.74, 6) is 1.29. The molecule has 2 atom stereocenters. The SMILES string of the molecule is c1ccc(-c2nc(-c3ccccn3)c([C@@H]3CC[C@H](c4ccccc4)NC3)[nH]2)cc1. The van der Waals surface area contributed by atoms with Crippen LogP contribution in [-0.4, -0.2) is 21.5 Å². The molecule has 1 fully saturated rings. The highest BCUT2D eigenvalue weighted by molar-refractivity contribution is 5.65. The highest BCUT2D eigenvalue weighted by Gasteiger charge is 2.27. The average Bonchev–Trinajstić information content (AvgIpc) is 3.27. The summed E-state index contributed by atoms with van der Waals surface area (Å²) in [6.07, 6.45) is 4.05. The third-order valence-electron chi connectivity index (χ3n) is 5.71. The maximum Gasteiger partial charge on any atom is 0.138 e. The first-order chi connectivity index (χ1) is 14.4. The second kappa shape index (κ2) is 8.02. The van der Waals surface area contributed by atoms with Crippen molar-refractivity contribution < 1.29 is 0 Å². The Morgan fingerprint density at radius 3 is 2.24 bits per heavy atom. The Morgan fingerprint density at radius 2 is 1.55 bits per heavy atom. The summed E-state index contributed by atoms with van der Waals surface area (Å²) in [4.78, 5) is 13.2. The molecule has 0 radical (unpaired) electrons. The lowest BCUT2D eigenvalue weighted by molar-refractivity contribution is 0.371. The molecule has 4 heteroatoms. The maximum absolute atomic E-state index is 4.96. The Hall–Kier alpha value is -3.24. The van der Waals surface area contributed by atoms with Gasteiger partial charge in [-0.25, -0.2) is 4.98 Å². The second-order valence-corrected chi connectivity index (χ2v) is 7.57. The Labute approximate surface area is 171 Å². The van der Waals surface area contributed by atoms with E-state index in [1.54, 1.807) is 0 Å². The number of hydrogen-bond donors (Lipinski definition) is 2. The topological polar surface area (TPSA) is 53.6 Å². The highest BCUT2D eigenvalue weighted by Crippen LogP contribution is 2.36. The van der Waals surface area contributed by atoms with E-state index < -0.39 is 0 Å². The minimum Gasteiger partial charge on any atom is -0.341 e. The number of aromatic amines is 1. The van der Waals surface area contributed by atoms with E-state index in [9.17, 15) is 0 Å². The largest absolute Gasteiger partial charge is 0.341 e. The van der Waals surface area contributed by atoms with E-state index >= 15 is 0 Å². The van der Waals surface area contributed by atoms with Crippen molar-refractivity contribution in [2.24, 2.45) is 0 Å². The van der Waals surface area contributed by atoms with Crippen molar-refractivity contribution in [3.63, 3.8) is 0 Å². The Kier molecular flexibility index (Phi) is 4.93. The number of hydrogen-bond acceptors (Lipinski definition) is 3. The third kappa shape index (κ3) is 3.71. The summed E-state index contributed by atoms with van der Waals surface area (Å²) in [5, 5.41) is 3.74. The van der Waals surface area contributed by atoms with Crippen LogP contribution in [0.15, 0.2) is 85.1 Å². The molecule has 1 saturated heterocycles. The number of rotatable bonds is 4. The van der Waals surface area contributed by atoms with E-state index in [-0.39, 0.29) is 0 Å². The quantitative estimate of drug-likeness (QED) is 0.502. The maximum atomic E-state index is 4.96. The van der Waals surface area contributed by atoms with Crippen LogP contribution in [0, 0.1) is 0 Å². The fraction of sp³-hybridized carbons (Fsp3) is 0.200. The Bertz CT molecular complexity index is 1050. The molecule has 29 heavy (non-hydrogen) atoms. The third-order valence-corrected chi connectivity index (χ3v) is 5.71. The van der Waals surface area contributed by atoms with E-state index in [1.807, 2.05) is 42.6 Å². The molecule has 0 bridgehead atoms. The summed E-state index contributed by atoms with van der Waals surface area (Å²) >= 11 is 0. The van der Waals surface area contributed by atoms with E-state index in [4.69, 9.17) is 4.98 Å². The van der Waals surface area contributed by atoms with E-state index in [0.29, 0.717) is 12.0 Å². The van der Waals surface area contributed by atoms with Gasteiger partial charge in [0.15, 0.2) is 0 Å². The molecular weight excluding hydrogens is 356 g/mol. The van der Waals surface area contributed by atoms with Gasteiger partial charge in [0.05, 0.1) is 5.69 Å². The van der Waals surface area contributed by atoms with Gasteiger partial charge in [0.25, 0.3) is 0 Å². The minimum absolute atomic E-state index is 0.386. The average molecular weight is 380 g/mol. The summed E-state index contributed by atoms with van der Waals surface area (Å²) in [5.41, 5.74) is 5.54. The Morgan fingerprint density at radius 1 is 0.793 bits per heavy atom. The van der Waals surface area contributed by atoms with Crippen LogP contribution in [0.3, 0.4) is 0 Å². The number of imidazole rings is 1. The van der Waals surface area contributed by atoms with Crippen LogP contribution in [-0.2, 0) is 0 Å². The zero-order valence-corrected chi connectivity index (χ0v) is 16.3. The van der Waals surface area contributed by atoms with Crippen molar-refractivity contribution in [3.05, 3.63) is 96.3 Å². The van der Waals surface area contributed by atoms with Gasteiger partial charge in [0.1, 0.15) is 11.5 Å². The van der Waals surface area contributed by atoms with Gasteiger partial charge in [-0.15, -0.1) is 0 Å². The highest BCUT2D eigenvalue weighted by atomic mass is 15.0. The van der Waals surface area contributed by atoms with Crippen molar-refractivity contribution in [2.45, 2.75) is 24.8 Å². The summed E-state index contributed by atoms with van der Waals surface area (Å²) in [6.45, 7) is 0.926. The molecule has 1 aliphatic heterocycles. The molecule has 0 spiro atoms. The number of benzene rings is 2. The van der Waals surface area contributed by atoms with E-state index in [1.165, 1.54) is 11.3 Å². The van der Waals surface area contributed by atoms with Gasteiger partial charge >= 0.3 is 0 Å². The summed E-state index contributed by atoms with van der Waals surface area (Å²) in [7, 11) is 0. The van der Waals surface area contributed by atoms with E-state index in [2.05, 4.69) is 57.7 Å². The van der Waals surface area contributed by atoms with Crippen molar-refractivity contribution in [2.75, 3.05) is 6.54 Å². The number of nitrogens with one attached hydrogen (secondary N) is 2. The Balaban J connectivity index is 1.45. The van der Waals surface area contributed by atoms with Crippen LogP contribution in [0.1, 0.15) is 36.1 Å². The predicted octanol–water partition coefficient (Wildman–Crippen LogP) is 5.35. The van der Waals surface area contributed by atoms with Crippen molar-refractivity contribution in [1.82, 2.24) is 20.3 Å². The lowest BCUT2D eigenvalue weighted by Gasteiger charge is -2.30. The first-order valence-electron chi connectivity index (χ1n) is 10.2. The van der Waals surface area contributed by atoms with Gasteiger partial charge < -0.3 is 10.3 Å². The van der Waals surface area contributed by atoms with Crippen molar-refractivity contribution in [3.8, 4) is 22.8 Å². The summed E-state index contributed by atoms with van der Waals surface area (Å²) in [6, 6.07) is 27.5. The van der Waals surface area contributed by atoms with Gasteiger partial charge in [-0.3, -0.25) is 4.98 Å². The molecule has 3 heterocycles. The molecule has 5 rings (SSSR count). The molecule has 2 N–H and O–H groups in total. The molecule has 4 nitrogen and oxygen atoms in total. The minimum atomic E-state index is 0.386. The van der Waals surface area contributed by atoms with Crippen LogP contribution in [0.2, 0.25) is 0 Å². The van der Waals surface area contributed by atoms with Crippen LogP contribution in [0.25, 0.3) is 22.8 Å². The number of aromatic nitrogens is 3. The zero-order chi connectivity index (χ0) is 19.5. The molecule has 2 aromatic carbocycles. The first-order valence-corrected chi connectivity index (χ1v) is 10.2. The lowest BCUT2D eigenvalue weighted by atomic mass is 9.88. The molecule has 0 saturated carbocycles. The van der Waals surface area contributed by atoms with Crippen molar-refractivity contribution in [1.29, 1.82) is 0 Å². The smallest absolute Gasteiger partial charge is 0.138 e. The molecule has 0 amide bonds.